The minimum Gasteiger partial charge on any atom is -0.508 e. The Morgan fingerprint density at radius 2 is 1.80 bits per heavy atom. The summed E-state index contributed by atoms with van der Waals surface area (Å²) in [7, 11) is -3.85. The first kappa shape index (κ1) is 30.3. The second-order valence-corrected chi connectivity index (χ2v) is 11.8. The fraction of sp³-hybridized carbons (Fsp3) is 0.0667. The third kappa shape index (κ3) is 7.80. The van der Waals surface area contributed by atoms with Crippen molar-refractivity contribution in [3.8, 4) is 11.5 Å². The van der Waals surface area contributed by atoms with Gasteiger partial charge in [0.15, 0.2) is 11.8 Å². The van der Waals surface area contributed by atoms with Crippen LogP contribution >= 0.6 is 11.8 Å². The van der Waals surface area contributed by atoms with E-state index in [1.807, 2.05) is 0 Å². The van der Waals surface area contributed by atoms with Crippen LogP contribution in [0.4, 0.5) is 5.69 Å². The lowest BCUT2D eigenvalue weighted by Crippen LogP contribution is -2.28. The van der Waals surface area contributed by atoms with E-state index in [-0.39, 0.29) is 29.7 Å². The van der Waals surface area contributed by atoms with Crippen molar-refractivity contribution in [2.45, 2.75) is 11.4 Å². The molecule has 0 spiro atoms. The highest BCUT2D eigenvalue weighted by atomic mass is 32.2. The fourth-order valence-corrected chi connectivity index (χ4v) is 5.37. The molecule has 1 aliphatic heterocycles. The number of primary sulfonamides is 1. The van der Waals surface area contributed by atoms with Gasteiger partial charge in [0, 0.05) is 11.3 Å². The van der Waals surface area contributed by atoms with E-state index in [1.165, 1.54) is 53.8 Å². The lowest BCUT2D eigenvalue weighted by molar-refractivity contribution is -0.122. The molecule has 14 heteroatoms. The Labute approximate surface area is 256 Å². The van der Waals surface area contributed by atoms with E-state index in [1.54, 1.807) is 54.6 Å². The van der Waals surface area contributed by atoms with Crippen LogP contribution in [-0.2, 0) is 26.2 Å². The zero-order valence-electron chi connectivity index (χ0n) is 22.9. The Morgan fingerprint density at radius 1 is 1.05 bits per heavy atom. The molecule has 0 aliphatic carbocycles. The number of hydrogen-bond acceptors (Lipinski definition) is 10. The van der Waals surface area contributed by atoms with E-state index in [2.05, 4.69) is 15.5 Å². The van der Waals surface area contributed by atoms with Crippen LogP contribution in [-0.4, -0.2) is 48.2 Å². The molecule has 1 aromatic heterocycles. The number of nitrogens with zero attached hydrogens (tertiary/aromatic N) is 3. The number of phenols is 1. The molecule has 0 radical (unpaired) electrons. The van der Waals surface area contributed by atoms with Crippen LogP contribution in [0.3, 0.4) is 0 Å². The highest BCUT2D eigenvalue weighted by Crippen LogP contribution is 2.35. The molecule has 0 saturated carbocycles. The van der Waals surface area contributed by atoms with Gasteiger partial charge < -0.3 is 19.6 Å². The number of aromatic hydroxyl groups is 1. The average Bonchev–Trinajstić information content (AvgIpc) is 3.62. The Hall–Kier alpha value is -5.18. The highest BCUT2D eigenvalue weighted by molar-refractivity contribution is 8.18. The van der Waals surface area contributed by atoms with Gasteiger partial charge in [0.05, 0.1) is 28.8 Å². The van der Waals surface area contributed by atoms with E-state index in [9.17, 15) is 23.1 Å². The molecule has 4 N–H and O–H groups in total. The number of nitrogens with two attached hydrogens (primary N) is 1. The normalized spacial score (nSPS) is 15.4. The number of thioether (sulfide) groups is 1. The molecule has 0 unspecified atom stereocenters. The second kappa shape index (κ2) is 13.4. The molecule has 12 nitrogen and oxygen atoms in total. The van der Waals surface area contributed by atoms with Gasteiger partial charge in [-0.2, -0.15) is 5.10 Å². The number of hydrogen-bond donors (Lipinski definition) is 3. The van der Waals surface area contributed by atoms with Crippen molar-refractivity contribution in [1.29, 1.82) is 0 Å². The Morgan fingerprint density at radius 3 is 2.50 bits per heavy atom. The van der Waals surface area contributed by atoms with Gasteiger partial charge in [0.2, 0.25) is 10.0 Å². The molecular weight excluding hydrogens is 606 g/mol. The maximum Gasteiger partial charge on any atom is 0.267 e. The minimum atomic E-state index is -3.85. The van der Waals surface area contributed by atoms with Crippen LogP contribution in [0, 0.1) is 0 Å². The van der Waals surface area contributed by atoms with E-state index in [4.69, 9.17) is 14.3 Å². The van der Waals surface area contributed by atoms with Gasteiger partial charge in [-0.3, -0.25) is 14.5 Å². The summed E-state index contributed by atoms with van der Waals surface area (Å²) in [5.74, 6) is 0.255. The predicted molar refractivity (Wildman–Crippen MR) is 166 cm³/mol. The number of anilines is 1. The number of furan rings is 1. The maximum absolute atomic E-state index is 13.5. The van der Waals surface area contributed by atoms with Gasteiger partial charge in [0.25, 0.3) is 11.8 Å². The van der Waals surface area contributed by atoms with Gasteiger partial charge in [-0.1, -0.05) is 18.2 Å². The summed E-state index contributed by atoms with van der Waals surface area (Å²) in [5, 5.41) is 25.9. The summed E-state index contributed by atoms with van der Waals surface area (Å²) in [4.78, 5) is 27.7. The Bertz CT molecular complexity index is 1850. The molecule has 2 amide bonds. The third-order valence-corrected chi connectivity index (χ3v) is 7.98. The van der Waals surface area contributed by atoms with Crippen molar-refractivity contribution in [1.82, 2.24) is 4.90 Å². The molecule has 5 rings (SSSR count). The maximum atomic E-state index is 13.5. The molecule has 4 aromatic rings. The van der Waals surface area contributed by atoms with Crippen LogP contribution in [0.1, 0.15) is 16.9 Å². The number of phenolic OH excluding ortho intramolecular Hbond substituents is 1. The first-order valence-electron chi connectivity index (χ1n) is 12.9. The number of rotatable bonds is 10. The molecule has 44 heavy (non-hydrogen) atoms. The number of nitrogens with one attached hydrogen (secondary N) is 1. The van der Waals surface area contributed by atoms with Gasteiger partial charge in [-0.15, -0.1) is 5.10 Å². The number of ether oxygens (including phenoxy) is 1. The van der Waals surface area contributed by atoms with Crippen LogP contribution < -0.4 is 15.2 Å². The molecular formula is C30H25N5O7S2. The number of carbonyl (C=O) groups excluding carboxylic acids is 2. The van der Waals surface area contributed by atoms with E-state index < -0.39 is 15.9 Å². The second-order valence-electron chi connectivity index (χ2n) is 9.24. The fourth-order valence-electron chi connectivity index (χ4n) is 3.93. The zero-order chi connectivity index (χ0) is 31.1. The van der Waals surface area contributed by atoms with Crippen molar-refractivity contribution >= 4 is 56.7 Å². The monoisotopic (exact) mass is 631 g/mol. The van der Waals surface area contributed by atoms with E-state index >= 15 is 0 Å². The van der Waals surface area contributed by atoms with Crippen molar-refractivity contribution in [2.75, 3.05) is 11.9 Å². The largest absolute Gasteiger partial charge is 0.508 e. The molecule has 2 heterocycles. The van der Waals surface area contributed by atoms with Crippen LogP contribution in [0.2, 0.25) is 0 Å². The average molecular weight is 632 g/mol. The standard InChI is InChI=1S/C30H25N5O7S2/c31-44(39,40)25-13-9-22(10-14-25)33-28(37)19-42-26-6-2-1-4-21(26)16-27-29(38)35(18-24-5-3-15-41-24)30(43-27)34-32-17-20-7-11-23(36)12-8-20/h1-17,36H,18-19H2,(H,33,37)(H2,31,39,40)/b27-16-,32-17-,34-30+. The molecule has 1 aliphatic rings. The number of sulfonamides is 1. The van der Waals surface area contributed by atoms with E-state index in [0.29, 0.717) is 38.4 Å². The number of carbonyl (C=O) groups is 2. The number of amidine groups is 1. The molecule has 1 fully saturated rings. The first-order valence-corrected chi connectivity index (χ1v) is 15.3. The topological polar surface area (TPSA) is 177 Å². The molecule has 0 bridgehead atoms. The number of para-hydroxylation sites is 1. The van der Waals surface area contributed by atoms with Crippen LogP contribution in [0.25, 0.3) is 6.08 Å². The van der Waals surface area contributed by atoms with Gasteiger partial charge in [0.1, 0.15) is 17.3 Å². The van der Waals surface area contributed by atoms with Crippen molar-refractivity contribution in [3.05, 3.63) is 113 Å². The van der Waals surface area contributed by atoms with Crippen LogP contribution in [0.5, 0.6) is 11.5 Å². The molecule has 224 valence electrons. The summed E-state index contributed by atoms with van der Waals surface area (Å²) in [6, 6.07) is 22.2. The Balaban J connectivity index is 1.31. The summed E-state index contributed by atoms with van der Waals surface area (Å²) in [6.07, 6.45) is 4.67. The zero-order valence-corrected chi connectivity index (χ0v) is 24.5. The number of benzene rings is 3. The predicted octanol–water partition coefficient (Wildman–Crippen LogP) is 4.16. The van der Waals surface area contributed by atoms with Gasteiger partial charge in [-0.05, 0) is 90.1 Å². The molecule has 1 saturated heterocycles. The lowest BCUT2D eigenvalue weighted by atomic mass is 10.2. The number of amides is 2. The van der Waals surface area contributed by atoms with Crippen molar-refractivity contribution < 1.29 is 32.3 Å². The van der Waals surface area contributed by atoms with Crippen molar-refractivity contribution in [2.24, 2.45) is 15.3 Å². The summed E-state index contributed by atoms with van der Waals surface area (Å²) in [6.45, 7) is -0.207. The van der Waals surface area contributed by atoms with Crippen LogP contribution in [0.15, 0.2) is 116 Å². The van der Waals surface area contributed by atoms with Gasteiger partial charge in [-0.25, -0.2) is 13.6 Å². The first-order chi connectivity index (χ1) is 21.2. The van der Waals surface area contributed by atoms with Crippen molar-refractivity contribution in [3.63, 3.8) is 0 Å². The summed E-state index contributed by atoms with van der Waals surface area (Å²) >= 11 is 1.12. The Kier molecular flexibility index (Phi) is 9.23. The highest BCUT2D eigenvalue weighted by Gasteiger charge is 2.34. The SMILES string of the molecule is NS(=O)(=O)c1ccc(NC(=O)COc2ccccc2/C=C2\S/C(=N/N=C\c3ccc(O)cc3)N(Cc3ccco3)C2=O)cc1. The summed E-state index contributed by atoms with van der Waals surface area (Å²) < 4.78 is 34.1. The minimum absolute atomic E-state index is 0.0758. The molecule has 0 atom stereocenters. The summed E-state index contributed by atoms with van der Waals surface area (Å²) in [5.41, 5.74) is 1.64. The quantitative estimate of drug-likeness (QED) is 0.133. The smallest absolute Gasteiger partial charge is 0.267 e. The lowest BCUT2D eigenvalue weighted by Gasteiger charge is -2.12. The van der Waals surface area contributed by atoms with E-state index in [0.717, 1.165) is 11.8 Å². The molecule has 3 aromatic carbocycles. The van der Waals surface area contributed by atoms with Gasteiger partial charge >= 0.3 is 0 Å². The third-order valence-electron chi connectivity index (χ3n) is 6.06.